The number of carboxylic acid groups (broad SMARTS) is 1. The fraction of sp³-hybridized carbons (Fsp3) is 0.222. The van der Waals surface area contributed by atoms with Crippen molar-refractivity contribution in [3.8, 4) is 11.1 Å². The quantitative estimate of drug-likeness (QED) is 0.378. The Morgan fingerprint density at radius 1 is 0.800 bits per heavy atom. The van der Waals surface area contributed by atoms with Gasteiger partial charge in [-0.2, -0.15) is 0 Å². The van der Waals surface area contributed by atoms with Crippen LogP contribution in [0.3, 0.4) is 0 Å². The number of amides is 2. The number of benzene rings is 3. The molecule has 8 nitrogen and oxygen atoms in total. The minimum atomic E-state index is -1.48. The average Bonchev–Trinajstić information content (AvgIpc) is 3.19. The van der Waals surface area contributed by atoms with Crippen molar-refractivity contribution in [3.63, 3.8) is 0 Å². The van der Waals surface area contributed by atoms with E-state index in [1.54, 1.807) is 24.3 Å². The molecule has 0 heterocycles. The third-order valence-electron chi connectivity index (χ3n) is 6.03. The first kappa shape index (κ1) is 24.0. The van der Waals surface area contributed by atoms with Gasteiger partial charge < -0.3 is 25.6 Å². The Balaban J connectivity index is 1.46. The summed E-state index contributed by atoms with van der Waals surface area (Å²) in [6.07, 6.45) is -0.673. The largest absolute Gasteiger partial charge is 0.480 e. The molecule has 0 saturated carbocycles. The van der Waals surface area contributed by atoms with Crippen molar-refractivity contribution in [2.45, 2.75) is 24.4 Å². The minimum absolute atomic E-state index is 0.0773. The number of rotatable bonds is 9. The van der Waals surface area contributed by atoms with Crippen molar-refractivity contribution in [3.05, 3.63) is 95.6 Å². The molecule has 1 aliphatic rings. The number of ether oxygens (including phenoxy) is 1. The number of aliphatic hydroxyl groups excluding tert-OH is 1. The second kappa shape index (κ2) is 10.8. The molecule has 3 aromatic carbocycles. The second-order valence-corrected chi connectivity index (χ2v) is 8.29. The molecule has 0 fully saturated rings. The van der Waals surface area contributed by atoms with Gasteiger partial charge in [-0.25, -0.2) is 9.59 Å². The summed E-state index contributed by atoms with van der Waals surface area (Å²) in [5.41, 5.74) is 5.09. The normalized spacial score (nSPS) is 13.7. The lowest BCUT2D eigenvalue weighted by Crippen LogP contribution is -2.53. The molecule has 0 aromatic heterocycles. The highest BCUT2D eigenvalue weighted by Gasteiger charge is 2.30. The monoisotopic (exact) mass is 474 g/mol. The number of aliphatic carboxylic acids is 1. The Kier molecular flexibility index (Phi) is 7.42. The number of alkyl carbamates (subject to hydrolysis) is 1. The third-order valence-corrected chi connectivity index (χ3v) is 6.03. The van der Waals surface area contributed by atoms with Crippen molar-refractivity contribution >= 4 is 18.0 Å². The predicted octanol–water partition coefficient (Wildman–Crippen LogP) is 2.70. The zero-order chi connectivity index (χ0) is 24.8. The Labute approximate surface area is 202 Å². The van der Waals surface area contributed by atoms with Gasteiger partial charge in [-0.1, -0.05) is 78.9 Å². The standard InChI is InChI=1S/C27H26N2O6/c30-15-24(26(32)33)28-25(31)23(14-17-8-2-1-3-9-17)29-27(34)35-16-22-20-12-6-4-10-18(20)19-11-5-7-13-21(19)22/h1-13,22-24,30H,14-16H2,(H,28,31)(H,29,34)(H,32,33)/t23-,24-/m0/s1. The van der Waals surface area contributed by atoms with Crippen LogP contribution in [0, 0.1) is 0 Å². The van der Waals surface area contributed by atoms with E-state index in [4.69, 9.17) is 9.84 Å². The molecule has 0 spiro atoms. The summed E-state index contributed by atoms with van der Waals surface area (Å²) in [6.45, 7) is -0.696. The first-order chi connectivity index (χ1) is 17.0. The van der Waals surface area contributed by atoms with Crippen molar-refractivity contribution in [1.82, 2.24) is 10.6 Å². The molecule has 4 N–H and O–H groups in total. The smallest absolute Gasteiger partial charge is 0.407 e. The molecule has 3 aromatic rings. The van der Waals surface area contributed by atoms with E-state index in [-0.39, 0.29) is 18.9 Å². The van der Waals surface area contributed by atoms with Crippen LogP contribution < -0.4 is 10.6 Å². The molecular formula is C27H26N2O6. The maximum Gasteiger partial charge on any atom is 0.407 e. The molecular weight excluding hydrogens is 448 g/mol. The zero-order valence-electron chi connectivity index (χ0n) is 18.9. The Morgan fingerprint density at radius 2 is 1.37 bits per heavy atom. The SMILES string of the molecule is O=C(N[C@@H](Cc1ccccc1)C(=O)N[C@@H](CO)C(=O)O)OCC1c2ccccc2-c2ccccc21. The van der Waals surface area contributed by atoms with Gasteiger partial charge in [-0.05, 0) is 27.8 Å². The summed E-state index contributed by atoms with van der Waals surface area (Å²) in [5.74, 6) is -2.25. The molecule has 0 bridgehead atoms. The first-order valence-corrected chi connectivity index (χ1v) is 11.3. The number of hydrogen-bond acceptors (Lipinski definition) is 5. The van der Waals surface area contributed by atoms with Crippen LogP contribution in [-0.2, 0) is 20.7 Å². The van der Waals surface area contributed by atoms with E-state index in [1.165, 1.54) is 0 Å². The third kappa shape index (κ3) is 5.50. The zero-order valence-corrected chi connectivity index (χ0v) is 18.9. The lowest BCUT2D eigenvalue weighted by atomic mass is 9.98. The number of nitrogens with one attached hydrogen (secondary N) is 2. The molecule has 2 amide bonds. The van der Waals surface area contributed by atoms with Crippen LogP contribution in [0.4, 0.5) is 4.79 Å². The van der Waals surface area contributed by atoms with Crippen molar-refractivity contribution in [1.29, 1.82) is 0 Å². The Bertz CT molecular complexity index is 1170. The van der Waals surface area contributed by atoms with E-state index < -0.39 is 36.7 Å². The van der Waals surface area contributed by atoms with E-state index in [0.717, 1.165) is 27.8 Å². The van der Waals surface area contributed by atoms with Crippen LogP contribution >= 0.6 is 0 Å². The molecule has 8 heteroatoms. The Hall–Kier alpha value is -4.17. The molecule has 0 aliphatic heterocycles. The number of carbonyl (C=O) groups excluding carboxylic acids is 2. The number of carbonyl (C=O) groups is 3. The summed E-state index contributed by atoms with van der Waals surface area (Å²) >= 11 is 0. The first-order valence-electron chi connectivity index (χ1n) is 11.3. The van der Waals surface area contributed by atoms with E-state index in [1.807, 2.05) is 54.6 Å². The maximum absolute atomic E-state index is 12.8. The molecule has 180 valence electrons. The minimum Gasteiger partial charge on any atom is -0.480 e. The van der Waals surface area contributed by atoms with Gasteiger partial charge in [-0.15, -0.1) is 0 Å². The van der Waals surface area contributed by atoms with Crippen LogP contribution in [0.2, 0.25) is 0 Å². The molecule has 0 unspecified atom stereocenters. The molecule has 0 saturated heterocycles. The van der Waals surface area contributed by atoms with Gasteiger partial charge >= 0.3 is 12.1 Å². The van der Waals surface area contributed by atoms with Gasteiger partial charge in [0.1, 0.15) is 18.7 Å². The van der Waals surface area contributed by atoms with Crippen molar-refractivity contribution < 1.29 is 29.3 Å². The topological polar surface area (TPSA) is 125 Å². The van der Waals surface area contributed by atoms with Gasteiger partial charge in [-0.3, -0.25) is 4.79 Å². The van der Waals surface area contributed by atoms with E-state index in [2.05, 4.69) is 10.6 Å². The van der Waals surface area contributed by atoms with Crippen molar-refractivity contribution in [2.75, 3.05) is 13.2 Å². The molecule has 0 radical (unpaired) electrons. The summed E-state index contributed by atoms with van der Waals surface area (Å²) < 4.78 is 5.54. The van der Waals surface area contributed by atoms with Gasteiger partial charge in [0, 0.05) is 12.3 Å². The summed E-state index contributed by atoms with van der Waals surface area (Å²) in [6, 6.07) is 22.3. The van der Waals surface area contributed by atoms with E-state index in [9.17, 15) is 19.5 Å². The van der Waals surface area contributed by atoms with Crippen LogP contribution in [0.1, 0.15) is 22.6 Å². The lowest BCUT2D eigenvalue weighted by Gasteiger charge is -2.21. The van der Waals surface area contributed by atoms with Gasteiger partial charge in [0.05, 0.1) is 6.61 Å². The van der Waals surface area contributed by atoms with Crippen LogP contribution in [-0.4, -0.2) is 53.5 Å². The van der Waals surface area contributed by atoms with E-state index >= 15 is 0 Å². The lowest BCUT2D eigenvalue weighted by molar-refractivity contribution is -0.143. The van der Waals surface area contributed by atoms with Crippen LogP contribution in [0.25, 0.3) is 11.1 Å². The average molecular weight is 475 g/mol. The number of carboxylic acids is 1. The number of hydrogen-bond donors (Lipinski definition) is 4. The van der Waals surface area contributed by atoms with Gasteiger partial charge in [0.15, 0.2) is 0 Å². The predicted molar refractivity (Wildman–Crippen MR) is 129 cm³/mol. The molecule has 35 heavy (non-hydrogen) atoms. The maximum atomic E-state index is 12.8. The van der Waals surface area contributed by atoms with Crippen molar-refractivity contribution in [2.24, 2.45) is 0 Å². The highest BCUT2D eigenvalue weighted by molar-refractivity contribution is 5.89. The number of fused-ring (bicyclic) bond motifs is 3. The fourth-order valence-corrected chi connectivity index (χ4v) is 4.30. The summed E-state index contributed by atoms with van der Waals surface area (Å²) in [5, 5.41) is 23.2. The molecule has 1 aliphatic carbocycles. The van der Waals surface area contributed by atoms with Gasteiger partial charge in [0.25, 0.3) is 0 Å². The molecule has 2 atom stereocenters. The highest BCUT2D eigenvalue weighted by Crippen LogP contribution is 2.44. The molecule has 4 rings (SSSR count). The summed E-state index contributed by atoms with van der Waals surface area (Å²) in [4.78, 5) is 36.8. The number of aliphatic hydroxyl groups is 1. The Morgan fingerprint density at radius 3 is 1.94 bits per heavy atom. The van der Waals surface area contributed by atoms with Crippen LogP contribution in [0.5, 0.6) is 0 Å². The summed E-state index contributed by atoms with van der Waals surface area (Å²) in [7, 11) is 0. The fourth-order valence-electron chi connectivity index (χ4n) is 4.30. The van der Waals surface area contributed by atoms with Gasteiger partial charge in [0.2, 0.25) is 5.91 Å². The highest BCUT2D eigenvalue weighted by atomic mass is 16.5. The second-order valence-electron chi connectivity index (χ2n) is 8.29. The van der Waals surface area contributed by atoms with Crippen LogP contribution in [0.15, 0.2) is 78.9 Å². The van der Waals surface area contributed by atoms with E-state index in [0.29, 0.717) is 0 Å².